The first-order chi connectivity index (χ1) is 4.95. The van der Waals surface area contributed by atoms with E-state index in [0.717, 1.165) is 0 Å². The minimum absolute atomic E-state index is 0.116. The summed E-state index contributed by atoms with van der Waals surface area (Å²) in [6.45, 7) is 6.75. The van der Waals surface area contributed by atoms with E-state index >= 15 is 0 Å². The maximum atomic E-state index is 11.1. The molecule has 0 heterocycles. The summed E-state index contributed by atoms with van der Waals surface area (Å²) in [5, 5.41) is 0. The van der Waals surface area contributed by atoms with Crippen LogP contribution in [0.4, 0.5) is 0 Å². The first-order valence-electron chi connectivity index (χ1n) is 3.96. The van der Waals surface area contributed by atoms with E-state index in [9.17, 15) is 4.79 Å². The molecular formula is C9H18O2. The summed E-state index contributed by atoms with van der Waals surface area (Å²) < 4.78 is 4.81. The highest BCUT2D eigenvalue weighted by molar-refractivity contribution is 5.79. The van der Waals surface area contributed by atoms with Gasteiger partial charge < -0.3 is 4.74 Å². The summed E-state index contributed by atoms with van der Waals surface area (Å²) in [6, 6.07) is 0. The fourth-order valence-electron chi connectivity index (χ4n) is 0.896. The predicted molar refractivity (Wildman–Crippen MR) is 45.6 cm³/mol. The van der Waals surface area contributed by atoms with Crippen LogP contribution in [0.15, 0.2) is 0 Å². The highest BCUT2D eigenvalue weighted by atomic mass is 16.5. The predicted octanol–water partition coefficient (Wildman–Crippen LogP) is 2.03. The van der Waals surface area contributed by atoms with Crippen LogP contribution < -0.4 is 0 Å². The van der Waals surface area contributed by atoms with Crippen LogP contribution in [0.2, 0.25) is 0 Å². The lowest BCUT2D eigenvalue weighted by Crippen LogP contribution is -2.14. The van der Waals surface area contributed by atoms with Crippen molar-refractivity contribution in [3.63, 3.8) is 0 Å². The van der Waals surface area contributed by atoms with E-state index < -0.39 is 0 Å². The van der Waals surface area contributed by atoms with E-state index in [-0.39, 0.29) is 5.41 Å². The number of Topliss-reactive ketones (excluding diaryl/α,β-unsaturated/α-hetero) is 1. The van der Waals surface area contributed by atoms with E-state index in [4.69, 9.17) is 4.74 Å². The summed E-state index contributed by atoms with van der Waals surface area (Å²) in [6.07, 6.45) is 1.20. The zero-order valence-corrected chi connectivity index (χ0v) is 7.94. The van der Waals surface area contributed by atoms with Gasteiger partial charge in [0.1, 0.15) is 5.78 Å². The molecule has 0 aliphatic rings. The normalized spacial score (nSPS) is 11.6. The Morgan fingerprint density at radius 1 is 1.36 bits per heavy atom. The van der Waals surface area contributed by atoms with Crippen molar-refractivity contribution in [1.82, 2.24) is 0 Å². The maximum absolute atomic E-state index is 11.1. The lowest BCUT2D eigenvalue weighted by Gasteiger charge is -2.16. The van der Waals surface area contributed by atoms with Crippen molar-refractivity contribution in [2.45, 2.75) is 33.6 Å². The monoisotopic (exact) mass is 158 g/mol. The lowest BCUT2D eigenvalue weighted by atomic mass is 9.89. The van der Waals surface area contributed by atoms with Gasteiger partial charge in [0.2, 0.25) is 0 Å². The molecule has 0 fully saturated rings. The molecular weight excluding hydrogens is 140 g/mol. The molecule has 0 N–H and O–H groups in total. The Balaban J connectivity index is 3.53. The van der Waals surface area contributed by atoms with Crippen LogP contribution in [0.3, 0.4) is 0 Å². The van der Waals surface area contributed by atoms with Gasteiger partial charge >= 0.3 is 0 Å². The van der Waals surface area contributed by atoms with Gasteiger partial charge in [-0.3, -0.25) is 4.79 Å². The Bertz CT molecular complexity index is 122. The van der Waals surface area contributed by atoms with E-state index in [1.54, 1.807) is 7.11 Å². The molecule has 11 heavy (non-hydrogen) atoms. The second-order valence-electron chi connectivity index (χ2n) is 4.02. The Labute approximate surface area is 68.9 Å². The van der Waals surface area contributed by atoms with Crippen molar-refractivity contribution in [3.8, 4) is 0 Å². The minimum Gasteiger partial charge on any atom is -0.384 e. The SMILES string of the molecule is COCCC(=O)CC(C)(C)C. The van der Waals surface area contributed by atoms with Gasteiger partial charge in [-0.15, -0.1) is 0 Å². The van der Waals surface area contributed by atoms with Crippen LogP contribution in [0, 0.1) is 5.41 Å². The average Bonchev–Trinajstić information content (AvgIpc) is 1.79. The van der Waals surface area contributed by atoms with E-state index in [2.05, 4.69) is 20.8 Å². The Morgan fingerprint density at radius 2 is 1.91 bits per heavy atom. The standard InChI is InChI=1S/C9H18O2/c1-9(2,3)7-8(10)5-6-11-4/h5-7H2,1-4H3. The molecule has 0 radical (unpaired) electrons. The Kier molecular flexibility index (Phi) is 4.34. The van der Waals surface area contributed by atoms with Crippen molar-refractivity contribution >= 4 is 5.78 Å². The van der Waals surface area contributed by atoms with Gasteiger partial charge in [-0.2, -0.15) is 0 Å². The highest BCUT2D eigenvalue weighted by Crippen LogP contribution is 2.19. The van der Waals surface area contributed by atoms with Crippen molar-refractivity contribution in [2.75, 3.05) is 13.7 Å². The summed E-state index contributed by atoms with van der Waals surface area (Å²) in [4.78, 5) is 11.1. The topological polar surface area (TPSA) is 26.3 Å². The number of methoxy groups -OCH3 is 1. The fourth-order valence-corrected chi connectivity index (χ4v) is 0.896. The van der Waals surface area contributed by atoms with Crippen LogP contribution in [-0.2, 0) is 9.53 Å². The number of carbonyl (C=O) groups is 1. The van der Waals surface area contributed by atoms with Crippen LogP contribution in [0.5, 0.6) is 0 Å². The molecule has 0 bridgehead atoms. The first-order valence-corrected chi connectivity index (χ1v) is 3.96. The molecule has 0 amide bonds. The Hall–Kier alpha value is -0.370. The van der Waals surface area contributed by atoms with E-state index in [0.29, 0.717) is 25.2 Å². The third kappa shape index (κ3) is 7.53. The van der Waals surface area contributed by atoms with Crippen molar-refractivity contribution < 1.29 is 9.53 Å². The number of hydrogen-bond acceptors (Lipinski definition) is 2. The molecule has 0 unspecified atom stereocenters. The zero-order valence-electron chi connectivity index (χ0n) is 7.94. The van der Waals surface area contributed by atoms with Gasteiger partial charge in [-0.05, 0) is 5.41 Å². The summed E-state index contributed by atoms with van der Waals surface area (Å²) in [5.41, 5.74) is 0.116. The third-order valence-corrected chi connectivity index (χ3v) is 1.31. The van der Waals surface area contributed by atoms with Crippen molar-refractivity contribution in [3.05, 3.63) is 0 Å². The van der Waals surface area contributed by atoms with E-state index in [1.165, 1.54) is 0 Å². The second-order valence-corrected chi connectivity index (χ2v) is 4.02. The second kappa shape index (κ2) is 4.50. The molecule has 0 rings (SSSR count). The van der Waals surface area contributed by atoms with Gasteiger partial charge in [0, 0.05) is 20.0 Å². The highest BCUT2D eigenvalue weighted by Gasteiger charge is 2.14. The fraction of sp³-hybridized carbons (Fsp3) is 0.889. The molecule has 0 atom stereocenters. The molecule has 0 spiro atoms. The maximum Gasteiger partial charge on any atom is 0.135 e. The zero-order chi connectivity index (χ0) is 8.91. The molecule has 2 nitrogen and oxygen atoms in total. The van der Waals surface area contributed by atoms with Gasteiger partial charge in [0.05, 0.1) is 6.61 Å². The lowest BCUT2D eigenvalue weighted by molar-refractivity contribution is -0.121. The number of carbonyl (C=O) groups excluding carboxylic acids is 1. The first kappa shape index (κ1) is 10.6. The quantitative estimate of drug-likeness (QED) is 0.625. The molecule has 0 saturated heterocycles. The average molecular weight is 158 g/mol. The smallest absolute Gasteiger partial charge is 0.135 e. The molecule has 0 aromatic rings. The number of hydrogen-bond donors (Lipinski definition) is 0. The molecule has 0 aromatic heterocycles. The van der Waals surface area contributed by atoms with Crippen molar-refractivity contribution in [1.29, 1.82) is 0 Å². The third-order valence-electron chi connectivity index (χ3n) is 1.31. The van der Waals surface area contributed by atoms with Gasteiger partial charge in [-0.1, -0.05) is 20.8 Å². The number of ketones is 1. The van der Waals surface area contributed by atoms with Gasteiger partial charge in [-0.25, -0.2) is 0 Å². The van der Waals surface area contributed by atoms with Crippen LogP contribution in [-0.4, -0.2) is 19.5 Å². The number of rotatable bonds is 4. The summed E-state index contributed by atoms with van der Waals surface area (Å²) in [5.74, 6) is 0.291. The van der Waals surface area contributed by atoms with E-state index in [1.807, 2.05) is 0 Å². The number of ether oxygens (including phenoxy) is 1. The van der Waals surface area contributed by atoms with Gasteiger partial charge in [0.15, 0.2) is 0 Å². The van der Waals surface area contributed by atoms with Crippen LogP contribution in [0.1, 0.15) is 33.6 Å². The summed E-state index contributed by atoms with van der Waals surface area (Å²) >= 11 is 0. The molecule has 2 heteroatoms. The van der Waals surface area contributed by atoms with Gasteiger partial charge in [0.25, 0.3) is 0 Å². The van der Waals surface area contributed by atoms with Crippen LogP contribution in [0.25, 0.3) is 0 Å². The molecule has 66 valence electrons. The molecule has 0 saturated carbocycles. The summed E-state index contributed by atoms with van der Waals surface area (Å²) in [7, 11) is 1.62. The molecule has 0 aliphatic heterocycles. The molecule has 0 aromatic carbocycles. The Morgan fingerprint density at radius 3 is 2.27 bits per heavy atom. The minimum atomic E-state index is 0.116. The van der Waals surface area contributed by atoms with Crippen molar-refractivity contribution in [2.24, 2.45) is 5.41 Å². The van der Waals surface area contributed by atoms with Crippen LogP contribution >= 0.6 is 0 Å². The largest absolute Gasteiger partial charge is 0.384 e. The molecule has 0 aliphatic carbocycles.